The van der Waals surface area contributed by atoms with Gasteiger partial charge in [-0.05, 0) is 24.0 Å². The summed E-state index contributed by atoms with van der Waals surface area (Å²) in [7, 11) is 0. The number of amides is 1. The molecule has 0 aliphatic heterocycles. The standard InChI is InChI=1S/C12H13BrN4OS/c1-19-7-11(18)15-12-14-8-17(16-12)6-9-2-4-10(13)5-3-9/h2-5,8H,6-7H2,1H3,(H,15,16,18). The largest absolute Gasteiger partial charge is 0.293 e. The van der Waals surface area contributed by atoms with Crippen molar-refractivity contribution in [1.29, 1.82) is 0 Å². The van der Waals surface area contributed by atoms with Gasteiger partial charge in [-0.25, -0.2) is 9.67 Å². The summed E-state index contributed by atoms with van der Waals surface area (Å²) in [4.78, 5) is 15.4. The second-order valence-corrected chi connectivity index (χ2v) is 5.66. The molecule has 1 N–H and O–H groups in total. The summed E-state index contributed by atoms with van der Waals surface area (Å²) in [6.07, 6.45) is 3.48. The minimum Gasteiger partial charge on any atom is -0.293 e. The van der Waals surface area contributed by atoms with E-state index in [1.165, 1.54) is 11.8 Å². The van der Waals surface area contributed by atoms with Crippen molar-refractivity contribution < 1.29 is 4.79 Å². The number of hydrogen-bond donors (Lipinski definition) is 1. The highest BCUT2D eigenvalue weighted by atomic mass is 79.9. The molecular formula is C12H13BrN4OS. The molecule has 0 aliphatic rings. The molecule has 0 atom stereocenters. The van der Waals surface area contributed by atoms with Crippen molar-refractivity contribution in [2.75, 3.05) is 17.3 Å². The number of carbonyl (C=O) groups excluding carboxylic acids is 1. The van der Waals surface area contributed by atoms with E-state index in [1.807, 2.05) is 30.5 Å². The van der Waals surface area contributed by atoms with E-state index in [0.29, 0.717) is 18.2 Å². The van der Waals surface area contributed by atoms with E-state index in [-0.39, 0.29) is 5.91 Å². The lowest BCUT2D eigenvalue weighted by Crippen LogP contribution is -2.15. The second kappa shape index (κ2) is 6.72. The lowest BCUT2D eigenvalue weighted by molar-refractivity contribution is -0.113. The fourth-order valence-electron chi connectivity index (χ4n) is 1.50. The van der Waals surface area contributed by atoms with Crippen molar-refractivity contribution in [3.05, 3.63) is 40.6 Å². The topological polar surface area (TPSA) is 59.8 Å². The first-order valence-corrected chi connectivity index (χ1v) is 7.79. The molecule has 0 saturated carbocycles. The molecule has 100 valence electrons. The Labute approximate surface area is 123 Å². The predicted molar refractivity (Wildman–Crippen MR) is 80.3 cm³/mol. The predicted octanol–water partition coefficient (Wildman–Crippen LogP) is 2.39. The molecule has 1 aromatic carbocycles. The molecule has 0 radical (unpaired) electrons. The molecule has 19 heavy (non-hydrogen) atoms. The highest BCUT2D eigenvalue weighted by Gasteiger charge is 2.05. The normalized spacial score (nSPS) is 10.4. The van der Waals surface area contributed by atoms with Crippen molar-refractivity contribution in [2.45, 2.75) is 6.54 Å². The third-order valence-electron chi connectivity index (χ3n) is 2.32. The molecule has 0 fully saturated rings. The van der Waals surface area contributed by atoms with Crippen LogP contribution in [0.15, 0.2) is 35.1 Å². The molecule has 5 nitrogen and oxygen atoms in total. The molecule has 2 rings (SSSR count). The van der Waals surface area contributed by atoms with Crippen LogP contribution in [-0.2, 0) is 11.3 Å². The Morgan fingerprint density at radius 1 is 1.42 bits per heavy atom. The lowest BCUT2D eigenvalue weighted by atomic mass is 10.2. The Hall–Kier alpha value is -1.34. The Balaban J connectivity index is 1.97. The van der Waals surface area contributed by atoms with Crippen LogP contribution in [0.2, 0.25) is 0 Å². The summed E-state index contributed by atoms with van der Waals surface area (Å²) >= 11 is 4.85. The van der Waals surface area contributed by atoms with Gasteiger partial charge in [-0.1, -0.05) is 28.1 Å². The quantitative estimate of drug-likeness (QED) is 0.907. The second-order valence-electron chi connectivity index (χ2n) is 3.87. The Morgan fingerprint density at radius 3 is 2.84 bits per heavy atom. The van der Waals surface area contributed by atoms with Crippen LogP contribution in [0, 0.1) is 0 Å². The first-order chi connectivity index (χ1) is 9.17. The van der Waals surface area contributed by atoms with Gasteiger partial charge in [0.05, 0.1) is 12.3 Å². The van der Waals surface area contributed by atoms with Crippen molar-refractivity contribution in [3.63, 3.8) is 0 Å². The zero-order valence-electron chi connectivity index (χ0n) is 10.3. The molecule has 0 unspecified atom stereocenters. The number of hydrogen-bond acceptors (Lipinski definition) is 4. The third kappa shape index (κ3) is 4.36. The highest BCUT2D eigenvalue weighted by molar-refractivity contribution is 9.10. The summed E-state index contributed by atoms with van der Waals surface area (Å²) in [6, 6.07) is 7.98. The number of rotatable bonds is 5. The van der Waals surface area contributed by atoms with Crippen LogP contribution in [0.25, 0.3) is 0 Å². The number of anilines is 1. The number of carbonyl (C=O) groups is 1. The van der Waals surface area contributed by atoms with Crippen LogP contribution >= 0.6 is 27.7 Å². The molecule has 0 spiro atoms. The van der Waals surface area contributed by atoms with Gasteiger partial charge in [-0.3, -0.25) is 10.1 Å². The molecular weight excluding hydrogens is 328 g/mol. The maximum Gasteiger partial charge on any atom is 0.248 e. The number of thioether (sulfide) groups is 1. The molecule has 1 amide bonds. The van der Waals surface area contributed by atoms with Crippen LogP contribution < -0.4 is 5.32 Å². The van der Waals surface area contributed by atoms with Gasteiger partial charge in [0.1, 0.15) is 6.33 Å². The molecule has 0 saturated heterocycles. The summed E-state index contributed by atoms with van der Waals surface area (Å²) < 4.78 is 2.73. The summed E-state index contributed by atoms with van der Waals surface area (Å²) in [5.74, 6) is 0.659. The van der Waals surface area contributed by atoms with Crippen LogP contribution in [0.1, 0.15) is 5.56 Å². The lowest BCUT2D eigenvalue weighted by Gasteiger charge is -2.01. The van der Waals surface area contributed by atoms with Gasteiger partial charge in [0.15, 0.2) is 0 Å². The molecule has 2 aromatic rings. The van der Waals surface area contributed by atoms with E-state index in [0.717, 1.165) is 10.0 Å². The minimum atomic E-state index is -0.0890. The molecule has 1 aromatic heterocycles. The van der Waals surface area contributed by atoms with Gasteiger partial charge >= 0.3 is 0 Å². The van der Waals surface area contributed by atoms with Crippen LogP contribution in [0.5, 0.6) is 0 Å². The van der Waals surface area contributed by atoms with Crippen molar-refractivity contribution in [3.8, 4) is 0 Å². The van der Waals surface area contributed by atoms with E-state index in [2.05, 4.69) is 31.3 Å². The van der Waals surface area contributed by atoms with E-state index in [4.69, 9.17) is 0 Å². The fraction of sp³-hybridized carbons (Fsp3) is 0.250. The number of nitrogens with one attached hydrogen (secondary N) is 1. The Kier molecular flexibility index (Phi) is 4.98. The average molecular weight is 341 g/mol. The Bertz CT molecular complexity index is 555. The number of halogens is 1. The first kappa shape index (κ1) is 14.1. The van der Waals surface area contributed by atoms with Crippen molar-refractivity contribution >= 4 is 39.5 Å². The van der Waals surface area contributed by atoms with E-state index in [9.17, 15) is 4.79 Å². The van der Waals surface area contributed by atoms with Gasteiger partial charge in [0, 0.05) is 4.47 Å². The van der Waals surface area contributed by atoms with E-state index < -0.39 is 0 Å². The van der Waals surface area contributed by atoms with Gasteiger partial charge in [-0.15, -0.1) is 5.10 Å². The third-order valence-corrected chi connectivity index (χ3v) is 3.40. The Morgan fingerprint density at radius 2 is 2.16 bits per heavy atom. The van der Waals surface area contributed by atoms with E-state index in [1.54, 1.807) is 11.0 Å². The van der Waals surface area contributed by atoms with Crippen LogP contribution in [0.4, 0.5) is 5.95 Å². The molecule has 0 aliphatic carbocycles. The zero-order valence-corrected chi connectivity index (χ0v) is 12.7. The van der Waals surface area contributed by atoms with E-state index >= 15 is 0 Å². The van der Waals surface area contributed by atoms with Crippen molar-refractivity contribution in [1.82, 2.24) is 14.8 Å². The average Bonchev–Trinajstić information content (AvgIpc) is 2.80. The van der Waals surface area contributed by atoms with Gasteiger partial charge in [0.2, 0.25) is 11.9 Å². The number of aromatic nitrogens is 3. The van der Waals surface area contributed by atoms with Crippen molar-refractivity contribution in [2.24, 2.45) is 0 Å². The SMILES string of the molecule is CSCC(=O)Nc1ncn(Cc2ccc(Br)cc2)n1. The molecule has 0 bridgehead atoms. The molecule has 7 heteroatoms. The minimum absolute atomic E-state index is 0.0890. The first-order valence-electron chi connectivity index (χ1n) is 5.60. The maximum atomic E-state index is 11.4. The zero-order chi connectivity index (χ0) is 13.7. The summed E-state index contributed by atoms with van der Waals surface area (Å²) in [5.41, 5.74) is 1.12. The van der Waals surface area contributed by atoms with Crippen LogP contribution in [0.3, 0.4) is 0 Å². The van der Waals surface area contributed by atoms with Gasteiger partial charge in [-0.2, -0.15) is 11.8 Å². The molecule has 1 heterocycles. The monoisotopic (exact) mass is 340 g/mol. The van der Waals surface area contributed by atoms with Gasteiger partial charge < -0.3 is 0 Å². The summed E-state index contributed by atoms with van der Waals surface area (Å²) in [6.45, 7) is 0.624. The number of benzene rings is 1. The maximum absolute atomic E-state index is 11.4. The smallest absolute Gasteiger partial charge is 0.248 e. The van der Waals surface area contributed by atoms with Crippen LogP contribution in [-0.4, -0.2) is 32.7 Å². The fourth-order valence-corrected chi connectivity index (χ4v) is 2.10. The highest BCUT2D eigenvalue weighted by Crippen LogP contribution is 2.11. The van der Waals surface area contributed by atoms with Gasteiger partial charge in [0.25, 0.3) is 0 Å². The summed E-state index contributed by atoms with van der Waals surface area (Å²) in [5, 5.41) is 6.85. The number of nitrogens with zero attached hydrogens (tertiary/aromatic N) is 3.